The van der Waals surface area contributed by atoms with Gasteiger partial charge in [-0.25, -0.2) is 15.0 Å². The lowest BCUT2D eigenvalue weighted by molar-refractivity contribution is -0.144. The quantitative estimate of drug-likeness (QED) is 0.0168. The Balaban J connectivity index is 0. The smallest absolute Gasteiger partial charge is 0.319 e. The van der Waals surface area contributed by atoms with E-state index in [-0.39, 0.29) is 37.6 Å². The first kappa shape index (κ1) is 66.3. The maximum atomic E-state index is 11.8. The van der Waals surface area contributed by atoms with Gasteiger partial charge in [0.15, 0.2) is 0 Å². The van der Waals surface area contributed by atoms with Crippen molar-refractivity contribution in [1.82, 2.24) is 15.0 Å². The summed E-state index contributed by atoms with van der Waals surface area (Å²) in [5.74, 6) is 3.69. The fraction of sp³-hybridized carbons (Fsp3) is 0.513. The predicted octanol–water partition coefficient (Wildman–Crippen LogP) is 10.3. The number of aromatic nitrogens is 3. The molecule has 0 fully saturated rings. The Morgan fingerprint density at radius 1 is 0.625 bits per heavy atom. The number of rotatable bonds is 26. The Labute approximate surface area is 436 Å². The molecule has 0 aliphatic rings. The molecule has 64 heavy (non-hydrogen) atoms. The van der Waals surface area contributed by atoms with Gasteiger partial charge < -0.3 is 34.6 Å². The van der Waals surface area contributed by atoms with E-state index in [1.807, 2.05) is 68.4 Å². The van der Waals surface area contributed by atoms with E-state index in [1.54, 1.807) is 109 Å². The highest BCUT2D eigenvalue weighted by molar-refractivity contribution is 8.77. The number of aliphatic hydroxyl groups excluding tert-OH is 3. The Bertz CT molecular complexity index is 1490. The summed E-state index contributed by atoms with van der Waals surface area (Å²) in [5.41, 5.74) is 0. The highest BCUT2D eigenvalue weighted by Gasteiger charge is 2.17. The summed E-state index contributed by atoms with van der Waals surface area (Å²) in [6.45, 7) is 10.4. The molecule has 4 N–H and O–H groups in total. The number of nitrogens with zero attached hydrogens (tertiary/aromatic N) is 3. The molecule has 0 radical (unpaired) electrons. The molecule has 12 nitrogen and oxygen atoms in total. The van der Waals surface area contributed by atoms with Crippen molar-refractivity contribution < 1.29 is 44.2 Å². The Morgan fingerprint density at radius 3 is 1.38 bits per heavy atom. The van der Waals surface area contributed by atoms with E-state index >= 15 is 0 Å². The number of carbonyl (C=O) groups excluding carboxylic acids is 1. The second-order valence-corrected chi connectivity index (χ2v) is 26.1. The van der Waals surface area contributed by atoms with Gasteiger partial charge in [0.1, 0.15) is 39.2 Å². The summed E-state index contributed by atoms with van der Waals surface area (Å²) in [6, 6.07) is 17.5. The van der Waals surface area contributed by atoms with E-state index in [0.29, 0.717) is 35.7 Å². The molecule has 0 bridgehead atoms. The molecule has 2 atom stereocenters. The van der Waals surface area contributed by atoms with Crippen LogP contribution in [0, 0.1) is 0 Å². The lowest BCUT2D eigenvalue weighted by Gasteiger charge is -2.11. The summed E-state index contributed by atoms with van der Waals surface area (Å²) in [7, 11) is 9.75. The number of esters is 1. The summed E-state index contributed by atoms with van der Waals surface area (Å²) < 4.78 is 17.6. The number of thiol groups is 1. The zero-order chi connectivity index (χ0) is 47.9. The lowest BCUT2D eigenvalue weighted by atomic mass is 10.5. The van der Waals surface area contributed by atoms with E-state index in [0.717, 1.165) is 47.4 Å². The van der Waals surface area contributed by atoms with Crippen LogP contribution in [0.1, 0.15) is 27.7 Å². The Hall–Kier alpha value is 0.220. The zero-order valence-corrected chi connectivity index (χ0v) is 46.7. The second kappa shape index (κ2) is 51.1. The summed E-state index contributed by atoms with van der Waals surface area (Å²) in [5, 5.41) is 35.6. The standard InChI is InChI=1S/C17H25NO4S5.2C7H9NOS2.C6H10O2S3.C2H6OS/c1-3-24-17(23)26-14(2)16(19)22-11-10-20-8-9-21-12-13-25-27-15-6-4-5-7-18-15;2*9-5-6-10-11-7-3-1-2-4-8-7;1-3-10-6(9)11-4(2)5(7)8;3-1-2-4/h4-7,14H,3,8-13H2,1-2H3;2*1-4,9H,5-6H2;4H,3H2,1-2H3,(H,7,8);3-4H,1-2H2. The van der Waals surface area contributed by atoms with Crippen LogP contribution in [-0.2, 0) is 23.8 Å². The molecular formula is C39H59N3O9S13. The van der Waals surface area contributed by atoms with Gasteiger partial charge in [0, 0.05) is 41.6 Å². The Kier molecular flexibility index (Phi) is 52.9. The third-order valence-corrected chi connectivity index (χ3v) is 17.7. The van der Waals surface area contributed by atoms with Gasteiger partial charge in [-0.1, -0.05) is 112 Å². The maximum absolute atomic E-state index is 11.8. The van der Waals surface area contributed by atoms with Crippen molar-refractivity contribution in [3.05, 3.63) is 73.2 Å². The summed E-state index contributed by atoms with van der Waals surface area (Å²) in [4.78, 5) is 34.6. The van der Waals surface area contributed by atoms with Crippen LogP contribution in [0.3, 0.4) is 0 Å². The molecule has 0 spiro atoms. The minimum atomic E-state index is -0.811. The van der Waals surface area contributed by atoms with Crippen molar-refractivity contribution in [2.75, 3.05) is 87.4 Å². The van der Waals surface area contributed by atoms with Crippen molar-refractivity contribution in [2.24, 2.45) is 0 Å². The van der Waals surface area contributed by atoms with Gasteiger partial charge in [-0.3, -0.25) is 9.59 Å². The predicted molar refractivity (Wildman–Crippen MR) is 299 cm³/mol. The maximum Gasteiger partial charge on any atom is 0.319 e. The van der Waals surface area contributed by atoms with E-state index in [1.165, 1.54) is 35.3 Å². The molecule has 0 aliphatic heterocycles. The number of pyridine rings is 3. The van der Waals surface area contributed by atoms with Gasteiger partial charge in [-0.05, 0) is 94.1 Å². The third-order valence-electron chi connectivity index (χ3n) is 5.70. The highest BCUT2D eigenvalue weighted by atomic mass is 33.1. The number of carboxylic acid groups (broad SMARTS) is 1. The van der Waals surface area contributed by atoms with Crippen LogP contribution < -0.4 is 0 Å². The average molecular weight is 1130 g/mol. The number of thiocarbonyl (C=S) groups is 2. The largest absolute Gasteiger partial charge is 0.480 e. The van der Waals surface area contributed by atoms with Crippen molar-refractivity contribution >= 4 is 168 Å². The van der Waals surface area contributed by atoms with Gasteiger partial charge >= 0.3 is 11.9 Å². The minimum absolute atomic E-state index is 0.184. The topological polar surface area (TPSA) is 181 Å². The van der Waals surface area contributed by atoms with E-state index < -0.39 is 11.2 Å². The Morgan fingerprint density at radius 2 is 1.02 bits per heavy atom. The van der Waals surface area contributed by atoms with Crippen molar-refractivity contribution in [3.8, 4) is 0 Å². The van der Waals surface area contributed by atoms with Crippen LogP contribution in [0.2, 0.25) is 0 Å². The van der Waals surface area contributed by atoms with E-state index in [9.17, 15) is 9.59 Å². The van der Waals surface area contributed by atoms with E-state index in [2.05, 4.69) is 27.6 Å². The molecule has 0 amide bonds. The van der Waals surface area contributed by atoms with E-state index in [4.69, 9.17) is 59.1 Å². The molecule has 25 heteroatoms. The fourth-order valence-corrected chi connectivity index (χ4v) is 13.0. The molecule has 2 unspecified atom stereocenters. The zero-order valence-electron chi connectivity index (χ0n) is 36.0. The normalized spacial score (nSPS) is 11.1. The molecule has 3 aromatic heterocycles. The van der Waals surface area contributed by atoms with Gasteiger partial charge in [0.05, 0.1) is 46.2 Å². The minimum Gasteiger partial charge on any atom is -0.480 e. The number of aliphatic carboxylic acids is 1. The SMILES string of the molecule is CCSC(=S)SC(C)C(=O)O.CCSC(=S)SC(C)C(=O)OCCOCCOCCSSc1ccccn1.OCCS.OCCSSc1ccccn1.OCCSSc1ccccn1. The average Bonchev–Trinajstić information content (AvgIpc) is 3.30. The first-order chi connectivity index (χ1) is 31.0. The van der Waals surface area contributed by atoms with Crippen LogP contribution in [0.25, 0.3) is 0 Å². The molecule has 3 aromatic rings. The van der Waals surface area contributed by atoms with Crippen molar-refractivity contribution in [1.29, 1.82) is 0 Å². The number of hydrogen-bond acceptors (Lipinski definition) is 24. The monoisotopic (exact) mass is 1130 g/mol. The van der Waals surface area contributed by atoms with Crippen LogP contribution in [0.4, 0.5) is 0 Å². The highest BCUT2D eigenvalue weighted by Crippen LogP contribution is 2.30. The molecule has 362 valence electrons. The summed E-state index contributed by atoms with van der Waals surface area (Å²) >= 11 is 19.4. The number of thioether (sulfide) groups is 4. The number of aliphatic hydroxyl groups is 3. The molecule has 0 aliphatic carbocycles. The van der Waals surface area contributed by atoms with Crippen LogP contribution in [0.5, 0.6) is 0 Å². The molecule has 0 saturated heterocycles. The number of ether oxygens (including phenoxy) is 3. The van der Waals surface area contributed by atoms with Crippen LogP contribution in [-0.4, -0.2) is 152 Å². The van der Waals surface area contributed by atoms with Crippen molar-refractivity contribution in [2.45, 2.75) is 53.3 Å². The number of carbonyl (C=O) groups is 2. The van der Waals surface area contributed by atoms with Gasteiger partial charge in [0.2, 0.25) is 0 Å². The lowest BCUT2D eigenvalue weighted by Crippen LogP contribution is -2.20. The molecule has 0 saturated carbocycles. The van der Waals surface area contributed by atoms with Crippen LogP contribution in [0.15, 0.2) is 88.3 Å². The summed E-state index contributed by atoms with van der Waals surface area (Å²) in [6.07, 6.45) is 5.32. The fourth-order valence-electron chi connectivity index (χ4n) is 2.99. The first-order valence-corrected chi connectivity index (χ1v) is 31.4. The first-order valence-electron chi connectivity index (χ1n) is 19.3. The van der Waals surface area contributed by atoms with Crippen molar-refractivity contribution in [3.63, 3.8) is 0 Å². The molecule has 0 aromatic carbocycles. The van der Waals surface area contributed by atoms with Crippen LogP contribution >= 0.6 is 149 Å². The molecular weight excluding hydrogens is 1070 g/mol. The molecule has 3 heterocycles. The third kappa shape index (κ3) is 46.0. The number of carboxylic acids is 1. The van der Waals surface area contributed by atoms with Gasteiger partial charge in [-0.15, -0.1) is 23.5 Å². The van der Waals surface area contributed by atoms with Gasteiger partial charge in [-0.2, -0.15) is 12.6 Å². The van der Waals surface area contributed by atoms with Gasteiger partial charge in [0.25, 0.3) is 0 Å². The number of hydrogen-bond donors (Lipinski definition) is 5. The molecule has 3 rings (SSSR count). The second-order valence-electron chi connectivity index (χ2n) is 10.7.